The molecule has 19 heavy (non-hydrogen) atoms. The van der Waals surface area contributed by atoms with E-state index in [4.69, 9.17) is 5.11 Å². The van der Waals surface area contributed by atoms with Gasteiger partial charge in [0, 0.05) is 17.4 Å². The Hall–Kier alpha value is -2.58. The van der Waals surface area contributed by atoms with Gasteiger partial charge in [0.05, 0.1) is 0 Å². The molecular weight excluding hydrogens is 242 g/mol. The van der Waals surface area contributed by atoms with E-state index in [9.17, 15) is 4.79 Å². The number of aromatic amines is 1. The summed E-state index contributed by atoms with van der Waals surface area (Å²) in [4.78, 5) is 11.9. The van der Waals surface area contributed by atoms with Gasteiger partial charge in [0.15, 0.2) is 0 Å². The molecule has 0 saturated carbocycles. The molecule has 5 heteroatoms. The Morgan fingerprint density at radius 1 is 1.47 bits per heavy atom. The monoisotopic (exact) mass is 255 g/mol. The number of nitrogens with zero attached hydrogens (tertiary/aromatic N) is 1. The molecule has 0 atom stereocenters. The van der Waals surface area contributed by atoms with E-state index in [1.165, 1.54) is 6.20 Å². The first-order valence-corrected chi connectivity index (χ1v) is 5.72. The lowest BCUT2D eigenvalue weighted by atomic mass is 10.1. The van der Waals surface area contributed by atoms with Crippen LogP contribution in [0.1, 0.15) is 21.6 Å². The van der Waals surface area contributed by atoms with Gasteiger partial charge in [-0.2, -0.15) is 5.10 Å². The summed E-state index contributed by atoms with van der Waals surface area (Å²) in [5.41, 5.74) is 2.75. The minimum atomic E-state index is -0.257. The van der Waals surface area contributed by atoms with Crippen LogP contribution in [0.5, 0.6) is 0 Å². The molecule has 96 valence electrons. The average molecular weight is 255 g/mol. The van der Waals surface area contributed by atoms with Gasteiger partial charge in [0.2, 0.25) is 0 Å². The third-order valence-corrected chi connectivity index (χ3v) is 2.54. The van der Waals surface area contributed by atoms with Crippen molar-refractivity contribution in [2.24, 2.45) is 0 Å². The number of rotatable bonds is 2. The molecule has 2 aromatic rings. The first-order valence-electron chi connectivity index (χ1n) is 5.72. The van der Waals surface area contributed by atoms with Crippen molar-refractivity contribution in [2.45, 2.75) is 6.92 Å². The lowest BCUT2D eigenvalue weighted by Gasteiger charge is -2.07. The second kappa shape index (κ2) is 5.85. The van der Waals surface area contributed by atoms with E-state index in [0.29, 0.717) is 11.4 Å². The fourth-order valence-electron chi connectivity index (χ4n) is 1.55. The summed E-state index contributed by atoms with van der Waals surface area (Å²) in [5, 5.41) is 17.8. The molecule has 0 unspecified atom stereocenters. The van der Waals surface area contributed by atoms with Crippen LogP contribution in [0.25, 0.3) is 0 Å². The van der Waals surface area contributed by atoms with Crippen molar-refractivity contribution in [3.63, 3.8) is 0 Å². The Balaban J connectivity index is 2.22. The molecule has 1 aromatic heterocycles. The second-order valence-electron chi connectivity index (χ2n) is 3.91. The Kier molecular flexibility index (Phi) is 3.96. The quantitative estimate of drug-likeness (QED) is 0.708. The van der Waals surface area contributed by atoms with E-state index in [1.54, 1.807) is 12.1 Å². The van der Waals surface area contributed by atoms with Crippen molar-refractivity contribution in [1.82, 2.24) is 10.2 Å². The largest absolute Gasteiger partial charge is 0.384 e. The van der Waals surface area contributed by atoms with Gasteiger partial charge in [-0.3, -0.25) is 9.89 Å². The van der Waals surface area contributed by atoms with Crippen LogP contribution in [0.2, 0.25) is 0 Å². The Morgan fingerprint density at radius 3 is 3.00 bits per heavy atom. The van der Waals surface area contributed by atoms with E-state index in [-0.39, 0.29) is 12.5 Å². The predicted octanol–water partition coefficient (Wildman–Crippen LogP) is 1.31. The van der Waals surface area contributed by atoms with E-state index >= 15 is 0 Å². The zero-order valence-electron chi connectivity index (χ0n) is 10.4. The summed E-state index contributed by atoms with van der Waals surface area (Å²) < 4.78 is 0. The molecule has 1 heterocycles. The van der Waals surface area contributed by atoms with Gasteiger partial charge in [0.1, 0.15) is 12.3 Å². The van der Waals surface area contributed by atoms with Crippen molar-refractivity contribution in [3.05, 3.63) is 47.3 Å². The van der Waals surface area contributed by atoms with E-state index in [2.05, 4.69) is 27.4 Å². The number of hydrogen-bond donors (Lipinski definition) is 3. The van der Waals surface area contributed by atoms with Crippen molar-refractivity contribution in [3.8, 4) is 11.8 Å². The van der Waals surface area contributed by atoms with Gasteiger partial charge in [-0.05, 0) is 30.7 Å². The molecule has 1 aromatic carbocycles. The van der Waals surface area contributed by atoms with Crippen LogP contribution in [0.3, 0.4) is 0 Å². The Bertz CT molecular complexity index is 636. The molecule has 3 N–H and O–H groups in total. The van der Waals surface area contributed by atoms with Crippen molar-refractivity contribution in [2.75, 3.05) is 11.9 Å². The van der Waals surface area contributed by atoms with Crippen molar-refractivity contribution >= 4 is 11.6 Å². The van der Waals surface area contributed by atoms with E-state index in [1.807, 2.05) is 19.1 Å². The molecule has 0 spiro atoms. The molecule has 0 fully saturated rings. The minimum absolute atomic E-state index is 0.191. The van der Waals surface area contributed by atoms with Crippen molar-refractivity contribution < 1.29 is 9.90 Å². The maximum absolute atomic E-state index is 11.9. The summed E-state index contributed by atoms with van der Waals surface area (Å²) in [6.07, 6.45) is 1.52. The summed E-state index contributed by atoms with van der Waals surface area (Å²) in [6, 6.07) is 7.07. The van der Waals surface area contributed by atoms with Gasteiger partial charge in [-0.25, -0.2) is 0 Å². The third kappa shape index (κ3) is 3.21. The molecule has 0 aliphatic carbocycles. The molecule has 0 aliphatic rings. The Morgan fingerprint density at radius 2 is 2.32 bits per heavy atom. The zero-order valence-corrected chi connectivity index (χ0v) is 10.4. The number of H-pyrrole nitrogens is 1. The predicted molar refractivity (Wildman–Crippen MR) is 71.7 cm³/mol. The van der Waals surface area contributed by atoms with Crippen LogP contribution < -0.4 is 5.32 Å². The fraction of sp³-hybridized carbons (Fsp3) is 0.143. The van der Waals surface area contributed by atoms with E-state index < -0.39 is 0 Å². The average Bonchev–Trinajstić information content (AvgIpc) is 2.93. The number of aliphatic hydroxyl groups excluding tert-OH is 1. The number of anilines is 1. The second-order valence-corrected chi connectivity index (χ2v) is 3.91. The lowest BCUT2D eigenvalue weighted by molar-refractivity contribution is 0.102. The molecule has 0 aliphatic heterocycles. The zero-order chi connectivity index (χ0) is 13.7. The lowest BCUT2D eigenvalue weighted by Crippen LogP contribution is -2.13. The van der Waals surface area contributed by atoms with Crippen LogP contribution in [0, 0.1) is 18.8 Å². The first kappa shape index (κ1) is 12.9. The standard InChI is InChI=1S/C14H13N3O2/c1-10-4-5-11(3-2-8-18)9-13(10)16-14(19)12-6-7-15-17-12/h4-7,9,18H,8H2,1H3,(H,15,17)(H,16,19). The van der Waals surface area contributed by atoms with Crippen LogP contribution in [-0.4, -0.2) is 27.8 Å². The first-order chi connectivity index (χ1) is 9.20. The number of amides is 1. The van der Waals surface area contributed by atoms with Crippen LogP contribution in [-0.2, 0) is 0 Å². The highest BCUT2D eigenvalue weighted by Crippen LogP contribution is 2.17. The topological polar surface area (TPSA) is 78.0 Å². The molecule has 1 amide bonds. The Labute approximate surface area is 110 Å². The fourth-order valence-corrected chi connectivity index (χ4v) is 1.55. The number of benzene rings is 1. The summed E-state index contributed by atoms with van der Waals surface area (Å²) in [6.45, 7) is 1.70. The summed E-state index contributed by atoms with van der Waals surface area (Å²) in [7, 11) is 0. The third-order valence-electron chi connectivity index (χ3n) is 2.54. The number of aliphatic hydroxyl groups is 1. The van der Waals surface area contributed by atoms with Crippen LogP contribution in [0.4, 0.5) is 5.69 Å². The number of nitrogens with one attached hydrogen (secondary N) is 2. The smallest absolute Gasteiger partial charge is 0.273 e. The maximum Gasteiger partial charge on any atom is 0.273 e. The van der Waals surface area contributed by atoms with Crippen molar-refractivity contribution in [1.29, 1.82) is 0 Å². The summed E-state index contributed by atoms with van der Waals surface area (Å²) in [5.74, 6) is 5.11. The molecule has 0 radical (unpaired) electrons. The number of carbonyl (C=O) groups excluding carboxylic acids is 1. The summed E-state index contributed by atoms with van der Waals surface area (Å²) >= 11 is 0. The SMILES string of the molecule is Cc1ccc(C#CCO)cc1NC(=O)c1ccn[nH]1. The molecule has 2 rings (SSSR count). The van der Waals surface area contributed by atoms with Gasteiger partial charge in [-0.15, -0.1) is 0 Å². The number of hydrogen-bond acceptors (Lipinski definition) is 3. The van der Waals surface area contributed by atoms with E-state index in [0.717, 1.165) is 11.1 Å². The van der Waals surface area contributed by atoms with Gasteiger partial charge in [-0.1, -0.05) is 17.9 Å². The number of aromatic nitrogens is 2. The van der Waals surface area contributed by atoms with Crippen LogP contribution >= 0.6 is 0 Å². The molecule has 5 nitrogen and oxygen atoms in total. The number of carbonyl (C=O) groups is 1. The molecular formula is C14H13N3O2. The maximum atomic E-state index is 11.9. The molecule has 0 saturated heterocycles. The van der Waals surface area contributed by atoms with Gasteiger partial charge in [0.25, 0.3) is 5.91 Å². The molecule has 0 bridgehead atoms. The number of aryl methyl sites for hydroxylation is 1. The highest BCUT2D eigenvalue weighted by Gasteiger charge is 2.08. The normalized spacial score (nSPS) is 9.58. The minimum Gasteiger partial charge on any atom is -0.384 e. The highest BCUT2D eigenvalue weighted by atomic mass is 16.2. The van der Waals surface area contributed by atoms with Gasteiger partial charge >= 0.3 is 0 Å². The van der Waals surface area contributed by atoms with Crippen LogP contribution in [0.15, 0.2) is 30.5 Å². The van der Waals surface area contributed by atoms with Gasteiger partial charge < -0.3 is 10.4 Å². The highest BCUT2D eigenvalue weighted by molar-refractivity contribution is 6.03.